The number of halogens is 2. The summed E-state index contributed by atoms with van der Waals surface area (Å²) >= 11 is 0. The molecule has 1 aromatic carbocycles. The zero-order valence-electron chi connectivity index (χ0n) is 18.8. The molecule has 10 heteroatoms. The molecule has 0 radical (unpaired) electrons. The number of aromatic nitrogens is 1. The Morgan fingerprint density at radius 3 is 2.71 bits per heavy atom. The highest BCUT2D eigenvalue weighted by Gasteiger charge is 2.47. The van der Waals surface area contributed by atoms with E-state index in [0.29, 0.717) is 18.5 Å². The highest BCUT2D eigenvalue weighted by atomic mass is 19.1. The number of aromatic hydroxyl groups is 1. The minimum Gasteiger partial charge on any atom is -0.503 e. The first-order chi connectivity index (χ1) is 16.3. The smallest absolute Gasteiger partial charge is 0.276 e. The fourth-order valence-corrected chi connectivity index (χ4v) is 5.62. The van der Waals surface area contributed by atoms with E-state index in [-0.39, 0.29) is 35.6 Å². The second-order valence-electron chi connectivity index (χ2n) is 9.38. The van der Waals surface area contributed by atoms with Crippen LogP contribution >= 0.6 is 0 Å². The molecule has 1 saturated heterocycles. The largest absolute Gasteiger partial charge is 0.503 e. The van der Waals surface area contributed by atoms with Gasteiger partial charge in [-0.2, -0.15) is 0 Å². The van der Waals surface area contributed by atoms with Crippen molar-refractivity contribution in [2.24, 2.45) is 5.92 Å². The first-order valence-corrected chi connectivity index (χ1v) is 11.5. The topological polar surface area (TPSA) is 94.9 Å². The third-order valence-corrected chi connectivity index (χ3v) is 7.33. The van der Waals surface area contributed by atoms with Crippen molar-refractivity contribution in [3.63, 3.8) is 0 Å². The molecule has 1 saturated carbocycles. The number of benzene rings is 1. The van der Waals surface area contributed by atoms with Crippen LogP contribution in [0.25, 0.3) is 0 Å². The summed E-state index contributed by atoms with van der Waals surface area (Å²) in [6, 6.07) is 3.04. The Labute approximate surface area is 194 Å². The summed E-state index contributed by atoms with van der Waals surface area (Å²) in [5.74, 6) is -3.19. The molecule has 2 aliphatic heterocycles. The Bertz CT molecular complexity index is 1230. The van der Waals surface area contributed by atoms with Crippen molar-refractivity contribution in [2.45, 2.75) is 51.0 Å². The third kappa shape index (κ3) is 3.66. The number of nitrogens with one attached hydrogen (secondary N) is 1. The van der Waals surface area contributed by atoms with Gasteiger partial charge in [-0.15, -0.1) is 0 Å². The summed E-state index contributed by atoms with van der Waals surface area (Å²) in [4.78, 5) is 43.0. The second-order valence-corrected chi connectivity index (χ2v) is 9.38. The standard InChI is InChI=1S/C24H26F2N4O4/c1-28-10-14-4-2-3-5-18(14)30-19(28)12-29-11-16(21(31)22(32)20(29)24(30)34)23(33)27-9-13-6-7-15(25)8-17(13)26/h6-8,11,14,18-19,32H,2-5,9-10,12H2,1H3,(H,27,33)/t14-,18?,19-/m0/s1. The lowest BCUT2D eigenvalue weighted by molar-refractivity contribution is -0.0628. The van der Waals surface area contributed by atoms with E-state index >= 15 is 0 Å². The van der Waals surface area contributed by atoms with Crippen molar-refractivity contribution in [3.05, 3.63) is 63.1 Å². The molecule has 2 N–H and O–H groups in total. The highest BCUT2D eigenvalue weighted by Crippen LogP contribution is 2.38. The van der Waals surface area contributed by atoms with Gasteiger partial charge in [-0.1, -0.05) is 18.9 Å². The van der Waals surface area contributed by atoms with Crippen LogP contribution < -0.4 is 10.7 Å². The summed E-state index contributed by atoms with van der Waals surface area (Å²) in [5, 5.41) is 13.1. The molecule has 0 spiro atoms. The van der Waals surface area contributed by atoms with E-state index in [1.807, 2.05) is 7.05 Å². The van der Waals surface area contributed by atoms with Crippen molar-refractivity contribution < 1.29 is 23.5 Å². The van der Waals surface area contributed by atoms with E-state index in [1.54, 1.807) is 4.90 Å². The SMILES string of the molecule is CN1C[C@@H]2CCCCC2N2C(=O)c3c(O)c(=O)c(C(=O)NCc4ccc(F)cc4F)cn3C[C@@H]12. The molecule has 1 unspecified atom stereocenters. The summed E-state index contributed by atoms with van der Waals surface area (Å²) in [5.41, 5.74) is -1.37. The molecule has 2 amide bonds. The van der Waals surface area contributed by atoms with Crippen LogP contribution in [0.5, 0.6) is 5.75 Å². The Morgan fingerprint density at radius 1 is 1.18 bits per heavy atom. The molecule has 180 valence electrons. The van der Waals surface area contributed by atoms with Gasteiger partial charge >= 0.3 is 0 Å². The molecule has 3 heterocycles. The number of hydrogen-bond donors (Lipinski definition) is 2. The van der Waals surface area contributed by atoms with Crippen LogP contribution in [0.3, 0.4) is 0 Å². The van der Waals surface area contributed by atoms with E-state index in [2.05, 4.69) is 10.2 Å². The van der Waals surface area contributed by atoms with Gasteiger partial charge in [0.1, 0.15) is 23.4 Å². The van der Waals surface area contributed by atoms with Crippen LogP contribution in [0.2, 0.25) is 0 Å². The first-order valence-electron chi connectivity index (χ1n) is 11.5. The first kappa shape index (κ1) is 22.5. The number of hydrogen-bond acceptors (Lipinski definition) is 5. The monoisotopic (exact) mass is 472 g/mol. The van der Waals surface area contributed by atoms with E-state index < -0.39 is 34.6 Å². The van der Waals surface area contributed by atoms with Gasteiger partial charge in [-0.3, -0.25) is 19.3 Å². The van der Waals surface area contributed by atoms with Gasteiger partial charge in [0.15, 0.2) is 11.4 Å². The van der Waals surface area contributed by atoms with Crippen LogP contribution in [0, 0.1) is 17.6 Å². The summed E-state index contributed by atoms with van der Waals surface area (Å²) < 4.78 is 28.5. The van der Waals surface area contributed by atoms with Crippen molar-refractivity contribution in [3.8, 4) is 5.75 Å². The predicted octanol–water partition coefficient (Wildman–Crippen LogP) is 2.05. The van der Waals surface area contributed by atoms with E-state index in [1.165, 1.54) is 16.8 Å². The molecule has 3 aliphatic rings. The molecule has 2 fully saturated rings. The van der Waals surface area contributed by atoms with Crippen LogP contribution in [0.15, 0.2) is 29.2 Å². The van der Waals surface area contributed by atoms with Gasteiger partial charge in [-0.05, 0) is 31.9 Å². The van der Waals surface area contributed by atoms with E-state index in [4.69, 9.17) is 0 Å². The lowest BCUT2D eigenvalue weighted by atomic mass is 9.80. The highest BCUT2D eigenvalue weighted by molar-refractivity contribution is 5.99. The second kappa shape index (κ2) is 8.50. The fraction of sp³-hybridized carbons (Fsp3) is 0.458. The molecule has 0 bridgehead atoms. The van der Waals surface area contributed by atoms with Crippen LogP contribution in [-0.4, -0.2) is 57.1 Å². The normalized spacial score (nSPS) is 24.3. The number of rotatable bonds is 3. The third-order valence-electron chi connectivity index (χ3n) is 7.33. The Morgan fingerprint density at radius 2 is 1.94 bits per heavy atom. The quantitative estimate of drug-likeness (QED) is 0.713. The average molecular weight is 472 g/mol. The number of likely N-dealkylation sites (N-methyl/N-ethyl adjacent to an activating group) is 1. The average Bonchev–Trinajstić information content (AvgIpc) is 2.80. The molecule has 3 atom stereocenters. The van der Waals surface area contributed by atoms with Crippen LogP contribution in [0.4, 0.5) is 8.78 Å². The summed E-state index contributed by atoms with van der Waals surface area (Å²) in [6.45, 7) is 0.896. The fourth-order valence-electron chi connectivity index (χ4n) is 5.62. The number of carbonyl (C=O) groups excluding carboxylic acids is 2. The Hall–Kier alpha value is -3.27. The Kier molecular flexibility index (Phi) is 5.63. The van der Waals surface area contributed by atoms with Crippen molar-refractivity contribution in [2.75, 3.05) is 13.6 Å². The molecule has 1 aromatic heterocycles. The van der Waals surface area contributed by atoms with Crippen molar-refractivity contribution in [1.29, 1.82) is 0 Å². The maximum absolute atomic E-state index is 13.9. The summed E-state index contributed by atoms with van der Waals surface area (Å²) in [6.07, 6.45) is 5.14. The molecule has 2 aromatic rings. The van der Waals surface area contributed by atoms with E-state index in [9.17, 15) is 28.3 Å². The molecule has 34 heavy (non-hydrogen) atoms. The number of amides is 2. The van der Waals surface area contributed by atoms with Gasteiger partial charge in [0, 0.05) is 37.0 Å². The van der Waals surface area contributed by atoms with Crippen molar-refractivity contribution in [1.82, 2.24) is 19.7 Å². The minimum atomic E-state index is -0.958. The van der Waals surface area contributed by atoms with Gasteiger partial charge < -0.3 is 19.9 Å². The predicted molar refractivity (Wildman–Crippen MR) is 118 cm³/mol. The van der Waals surface area contributed by atoms with Crippen molar-refractivity contribution >= 4 is 11.8 Å². The lowest BCUT2D eigenvalue weighted by Crippen LogP contribution is -2.66. The lowest BCUT2D eigenvalue weighted by Gasteiger charge is -2.54. The number of nitrogens with zero attached hydrogens (tertiary/aromatic N) is 3. The number of fused-ring (bicyclic) bond motifs is 4. The maximum atomic E-state index is 13.9. The minimum absolute atomic E-state index is 0.0497. The molecule has 1 aliphatic carbocycles. The van der Waals surface area contributed by atoms with Crippen LogP contribution in [-0.2, 0) is 13.1 Å². The molecular formula is C24H26F2N4O4. The molecular weight excluding hydrogens is 446 g/mol. The van der Waals surface area contributed by atoms with Gasteiger partial charge in [0.25, 0.3) is 11.8 Å². The van der Waals surface area contributed by atoms with Gasteiger partial charge in [0.2, 0.25) is 5.43 Å². The summed E-state index contributed by atoms with van der Waals surface area (Å²) in [7, 11) is 1.95. The zero-order chi connectivity index (χ0) is 24.1. The van der Waals surface area contributed by atoms with E-state index in [0.717, 1.165) is 38.3 Å². The Balaban J connectivity index is 1.45. The zero-order valence-corrected chi connectivity index (χ0v) is 18.8. The van der Waals surface area contributed by atoms with Gasteiger partial charge in [-0.25, -0.2) is 8.78 Å². The maximum Gasteiger partial charge on any atom is 0.276 e. The number of pyridine rings is 1. The molecule has 8 nitrogen and oxygen atoms in total. The number of carbonyl (C=O) groups is 2. The van der Waals surface area contributed by atoms with Gasteiger partial charge in [0.05, 0.1) is 6.54 Å². The molecule has 5 rings (SSSR count). The van der Waals surface area contributed by atoms with Crippen LogP contribution in [0.1, 0.15) is 52.1 Å².